The summed E-state index contributed by atoms with van der Waals surface area (Å²) in [6.07, 6.45) is 11.6. The number of alkyl halides is 1. The van der Waals surface area contributed by atoms with Gasteiger partial charge in [0.05, 0.1) is 0 Å². The van der Waals surface area contributed by atoms with Gasteiger partial charge >= 0.3 is 0 Å². The van der Waals surface area contributed by atoms with Crippen LogP contribution in [0.3, 0.4) is 0 Å². The van der Waals surface area contributed by atoms with Gasteiger partial charge in [0.25, 0.3) is 0 Å². The van der Waals surface area contributed by atoms with Crippen molar-refractivity contribution in [2.24, 2.45) is 0 Å². The van der Waals surface area contributed by atoms with E-state index in [1.807, 2.05) is 38.2 Å². The van der Waals surface area contributed by atoms with Crippen LogP contribution in [0.4, 0.5) is 4.39 Å². The Morgan fingerprint density at radius 1 is 1.17 bits per heavy atom. The smallest absolute Gasteiger partial charge is 0.136 e. The molecule has 0 heterocycles. The first-order valence-electron chi connectivity index (χ1n) is 4.39. The standard InChI is InChI=1S/C11H17F/c1-3-5-7-8-10-11(12)9-6-4-2/h3,5-6,8-11H,4,7H2,1-2H3/b5-3+,9-6-,10-8?. The van der Waals surface area contributed by atoms with Crippen LogP contribution in [0.25, 0.3) is 0 Å². The molecule has 0 bridgehead atoms. The lowest BCUT2D eigenvalue weighted by atomic mass is 10.2. The summed E-state index contributed by atoms with van der Waals surface area (Å²) in [5, 5.41) is 0. The average Bonchev–Trinajstić information content (AvgIpc) is 2.09. The predicted octanol–water partition coefficient (Wildman–Crippen LogP) is 3.81. The van der Waals surface area contributed by atoms with E-state index >= 15 is 0 Å². The molecule has 0 rings (SSSR count). The summed E-state index contributed by atoms with van der Waals surface area (Å²) in [4.78, 5) is 0. The van der Waals surface area contributed by atoms with E-state index in [9.17, 15) is 4.39 Å². The Balaban J connectivity index is 3.59. The Labute approximate surface area is 74.5 Å². The molecule has 0 aliphatic heterocycles. The third-order valence-electron chi connectivity index (χ3n) is 1.38. The molecule has 0 saturated heterocycles. The van der Waals surface area contributed by atoms with Gasteiger partial charge < -0.3 is 0 Å². The van der Waals surface area contributed by atoms with E-state index in [0.29, 0.717) is 0 Å². The summed E-state index contributed by atoms with van der Waals surface area (Å²) in [6, 6.07) is 0. The SMILES string of the molecule is C/C=C/CC=CC(F)/C=C\CC. The molecule has 1 heteroatoms. The highest BCUT2D eigenvalue weighted by Crippen LogP contribution is 1.98. The molecule has 1 atom stereocenters. The molecule has 0 aromatic heterocycles. The van der Waals surface area contributed by atoms with E-state index in [2.05, 4.69) is 0 Å². The summed E-state index contributed by atoms with van der Waals surface area (Å²) in [5.41, 5.74) is 0. The third-order valence-corrected chi connectivity index (χ3v) is 1.38. The van der Waals surface area contributed by atoms with Gasteiger partial charge in [0.1, 0.15) is 6.17 Å². The second kappa shape index (κ2) is 8.25. The average molecular weight is 168 g/mol. The molecule has 0 aliphatic rings. The molecule has 0 nitrogen and oxygen atoms in total. The quantitative estimate of drug-likeness (QED) is 0.547. The summed E-state index contributed by atoms with van der Waals surface area (Å²) >= 11 is 0. The number of halogens is 1. The van der Waals surface area contributed by atoms with Crippen molar-refractivity contribution in [3.8, 4) is 0 Å². The fourth-order valence-electron chi connectivity index (χ4n) is 0.753. The molecule has 0 N–H and O–H groups in total. The molecular formula is C11H17F. The molecule has 0 radical (unpaired) electrons. The lowest BCUT2D eigenvalue weighted by Crippen LogP contribution is -1.86. The first-order chi connectivity index (χ1) is 5.81. The van der Waals surface area contributed by atoms with E-state index in [0.717, 1.165) is 12.8 Å². The van der Waals surface area contributed by atoms with Crippen molar-refractivity contribution < 1.29 is 4.39 Å². The zero-order chi connectivity index (χ0) is 9.23. The molecular weight excluding hydrogens is 151 g/mol. The van der Waals surface area contributed by atoms with Crippen molar-refractivity contribution in [3.05, 3.63) is 36.5 Å². The first-order valence-corrected chi connectivity index (χ1v) is 4.39. The van der Waals surface area contributed by atoms with Crippen LogP contribution in [0.15, 0.2) is 36.5 Å². The minimum atomic E-state index is -0.921. The maximum Gasteiger partial charge on any atom is 0.136 e. The van der Waals surface area contributed by atoms with Gasteiger partial charge in [-0.05, 0) is 19.8 Å². The Bertz CT molecular complexity index is 166. The second-order valence-corrected chi connectivity index (χ2v) is 2.51. The zero-order valence-corrected chi connectivity index (χ0v) is 7.83. The molecule has 0 aliphatic carbocycles. The van der Waals surface area contributed by atoms with Crippen LogP contribution in [-0.4, -0.2) is 6.17 Å². The van der Waals surface area contributed by atoms with Gasteiger partial charge in [-0.2, -0.15) is 0 Å². The summed E-state index contributed by atoms with van der Waals surface area (Å²) < 4.78 is 12.8. The van der Waals surface area contributed by atoms with E-state index in [1.165, 1.54) is 0 Å². The molecule has 1 unspecified atom stereocenters. The van der Waals surface area contributed by atoms with Crippen LogP contribution in [0, 0.1) is 0 Å². The molecule has 0 fully saturated rings. The fourth-order valence-corrected chi connectivity index (χ4v) is 0.753. The first kappa shape index (κ1) is 11.2. The Hall–Kier alpha value is -0.850. The second-order valence-electron chi connectivity index (χ2n) is 2.51. The summed E-state index contributed by atoms with van der Waals surface area (Å²) in [7, 11) is 0. The summed E-state index contributed by atoms with van der Waals surface area (Å²) in [5.74, 6) is 0. The molecule has 0 spiro atoms. The van der Waals surface area contributed by atoms with Crippen LogP contribution in [0.5, 0.6) is 0 Å². The van der Waals surface area contributed by atoms with Crippen LogP contribution in [0.1, 0.15) is 26.7 Å². The highest BCUT2D eigenvalue weighted by molar-refractivity contribution is 5.03. The van der Waals surface area contributed by atoms with Gasteiger partial charge in [-0.25, -0.2) is 4.39 Å². The normalized spacial score (nSPS) is 15.2. The molecule has 0 aromatic rings. The fraction of sp³-hybridized carbons (Fsp3) is 0.455. The van der Waals surface area contributed by atoms with Gasteiger partial charge in [-0.15, -0.1) is 0 Å². The van der Waals surface area contributed by atoms with E-state index in [1.54, 1.807) is 12.2 Å². The van der Waals surface area contributed by atoms with Crippen molar-refractivity contribution in [2.45, 2.75) is 32.9 Å². The number of hydrogen-bond acceptors (Lipinski definition) is 0. The van der Waals surface area contributed by atoms with E-state index < -0.39 is 6.17 Å². The Kier molecular flexibility index (Phi) is 7.66. The van der Waals surface area contributed by atoms with Crippen LogP contribution < -0.4 is 0 Å². The Morgan fingerprint density at radius 2 is 1.83 bits per heavy atom. The van der Waals surface area contributed by atoms with Crippen molar-refractivity contribution in [2.75, 3.05) is 0 Å². The van der Waals surface area contributed by atoms with Crippen molar-refractivity contribution in [3.63, 3.8) is 0 Å². The van der Waals surface area contributed by atoms with Crippen molar-refractivity contribution >= 4 is 0 Å². The lowest BCUT2D eigenvalue weighted by Gasteiger charge is -1.91. The molecule has 12 heavy (non-hydrogen) atoms. The van der Waals surface area contributed by atoms with Gasteiger partial charge in [0.2, 0.25) is 0 Å². The highest BCUT2D eigenvalue weighted by atomic mass is 19.1. The van der Waals surface area contributed by atoms with Gasteiger partial charge in [-0.3, -0.25) is 0 Å². The number of allylic oxidation sites excluding steroid dienone is 6. The predicted molar refractivity (Wildman–Crippen MR) is 52.9 cm³/mol. The zero-order valence-electron chi connectivity index (χ0n) is 7.83. The minimum absolute atomic E-state index is 0.816. The molecule has 0 saturated carbocycles. The molecule has 0 aromatic carbocycles. The van der Waals surface area contributed by atoms with Gasteiger partial charge in [0, 0.05) is 0 Å². The number of rotatable bonds is 5. The van der Waals surface area contributed by atoms with Crippen molar-refractivity contribution in [1.82, 2.24) is 0 Å². The minimum Gasteiger partial charge on any atom is -0.238 e. The molecule has 68 valence electrons. The third kappa shape index (κ3) is 7.26. The molecule has 0 amide bonds. The van der Waals surface area contributed by atoms with E-state index in [4.69, 9.17) is 0 Å². The maximum absolute atomic E-state index is 12.8. The Morgan fingerprint density at radius 3 is 2.42 bits per heavy atom. The lowest BCUT2D eigenvalue weighted by molar-refractivity contribution is 0.468. The highest BCUT2D eigenvalue weighted by Gasteiger charge is 1.90. The monoisotopic (exact) mass is 168 g/mol. The van der Waals surface area contributed by atoms with E-state index in [-0.39, 0.29) is 0 Å². The van der Waals surface area contributed by atoms with Crippen molar-refractivity contribution in [1.29, 1.82) is 0 Å². The van der Waals surface area contributed by atoms with Gasteiger partial charge in [-0.1, -0.05) is 43.4 Å². The largest absolute Gasteiger partial charge is 0.238 e. The topological polar surface area (TPSA) is 0 Å². The number of hydrogen-bond donors (Lipinski definition) is 0. The van der Waals surface area contributed by atoms with Crippen LogP contribution in [0.2, 0.25) is 0 Å². The van der Waals surface area contributed by atoms with Crippen LogP contribution >= 0.6 is 0 Å². The van der Waals surface area contributed by atoms with Crippen LogP contribution in [-0.2, 0) is 0 Å². The maximum atomic E-state index is 12.8. The summed E-state index contributed by atoms with van der Waals surface area (Å²) in [6.45, 7) is 3.95. The van der Waals surface area contributed by atoms with Gasteiger partial charge in [0.15, 0.2) is 0 Å².